The standard InChI is InChI=1S/C14H18O3/c1-4-8-16-11-12-6-7-13(15-3)14(10-12)17-9-5-2/h4-7,10H,1-2,8-9,11H2,3H3. The van der Waals surface area contributed by atoms with Crippen molar-refractivity contribution in [2.24, 2.45) is 0 Å². The van der Waals surface area contributed by atoms with Crippen LogP contribution in [0.15, 0.2) is 43.5 Å². The molecule has 17 heavy (non-hydrogen) atoms. The zero-order valence-corrected chi connectivity index (χ0v) is 10.1. The van der Waals surface area contributed by atoms with Crippen LogP contribution in [0.25, 0.3) is 0 Å². The molecule has 0 aliphatic carbocycles. The highest BCUT2D eigenvalue weighted by molar-refractivity contribution is 5.42. The molecular weight excluding hydrogens is 216 g/mol. The van der Waals surface area contributed by atoms with Crippen LogP contribution in [0.2, 0.25) is 0 Å². The van der Waals surface area contributed by atoms with Crippen molar-refractivity contribution >= 4 is 0 Å². The van der Waals surface area contributed by atoms with Crippen molar-refractivity contribution in [3.63, 3.8) is 0 Å². The predicted molar refractivity (Wildman–Crippen MR) is 68.5 cm³/mol. The summed E-state index contributed by atoms with van der Waals surface area (Å²) in [6.45, 7) is 8.73. The van der Waals surface area contributed by atoms with Gasteiger partial charge in [0.15, 0.2) is 11.5 Å². The molecule has 0 saturated carbocycles. The Labute approximate surface area is 102 Å². The zero-order valence-electron chi connectivity index (χ0n) is 10.1. The van der Waals surface area contributed by atoms with Gasteiger partial charge < -0.3 is 14.2 Å². The second kappa shape index (κ2) is 7.52. The number of hydrogen-bond donors (Lipinski definition) is 0. The molecule has 0 spiro atoms. The van der Waals surface area contributed by atoms with Crippen molar-refractivity contribution in [1.82, 2.24) is 0 Å². The van der Waals surface area contributed by atoms with E-state index in [1.807, 2.05) is 18.2 Å². The number of benzene rings is 1. The zero-order chi connectivity index (χ0) is 12.5. The molecule has 0 radical (unpaired) electrons. The second-order valence-electron chi connectivity index (χ2n) is 3.39. The largest absolute Gasteiger partial charge is 0.493 e. The summed E-state index contributed by atoms with van der Waals surface area (Å²) in [4.78, 5) is 0. The summed E-state index contributed by atoms with van der Waals surface area (Å²) in [5.41, 5.74) is 1.03. The summed E-state index contributed by atoms with van der Waals surface area (Å²) in [7, 11) is 1.62. The molecule has 1 rings (SSSR count). The minimum absolute atomic E-state index is 0.452. The Morgan fingerprint density at radius 2 is 1.88 bits per heavy atom. The topological polar surface area (TPSA) is 27.7 Å². The monoisotopic (exact) mass is 234 g/mol. The van der Waals surface area contributed by atoms with Crippen LogP contribution in [0.3, 0.4) is 0 Å². The van der Waals surface area contributed by atoms with E-state index in [4.69, 9.17) is 14.2 Å². The lowest BCUT2D eigenvalue weighted by atomic mass is 10.2. The van der Waals surface area contributed by atoms with E-state index in [1.54, 1.807) is 19.3 Å². The lowest BCUT2D eigenvalue weighted by molar-refractivity contribution is 0.148. The molecule has 0 fully saturated rings. The minimum Gasteiger partial charge on any atom is -0.493 e. The smallest absolute Gasteiger partial charge is 0.161 e. The lowest BCUT2D eigenvalue weighted by Crippen LogP contribution is -1.98. The van der Waals surface area contributed by atoms with Gasteiger partial charge in [0.2, 0.25) is 0 Å². The van der Waals surface area contributed by atoms with Gasteiger partial charge >= 0.3 is 0 Å². The number of methoxy groups -OCH3 is 1. The Morgan fingerprint density at radius 1 is 1.12 bits per heavy atom. The normalized spacial score (nSPS) is 9.71. The first-order chi connectivity index (χ1) is 8.31. The molecular formula is C14H18O3. The van der Waals surface area contributed by atoms with Crippen molar-refractivity contribution < 1.29 is 14.2 Å². The highest BCUT2D eigenvalue weighted by Gasteiger charge is 2.05. The average molecular weight is 234 g/mol. The average Bonchev–Trinajstić information content (AvgIpc) is 2.37. The Morgan fingerprint density at radius 3 is 2.53 bits per heavy atom. The van der Waals surface area contributed by atoms with Crippen molar-refractivity contribution in [2.75, 3.05) is 20.3 Å². The maximum Gasteiger partial charge on any atom is 0.161 e. The van der Waals surface area contributed by atoms with E-state index in [9.17, 15) is 0 Å². The van der Waals surface area contributed by atoms with Crippen LogP contribution in [-0.4, -0.2) is 20.3 Å². The number of hydrogen-bond acceptors (Lipinski definition) is 3. The number of ether oxygens (including phenoxy) is 3. The van der Waals surface area contributed by atoms with Crippen LogP contribution in [0, 0.1) is 0 Å². The Balaban J connectivity index is 2.72. The molecule has 0 N–H and O–H groups in total. The molecule has 1 aromatic rings. The van der Waals surface area contributed by atoms with E-state index in [0.29, 0.717) is 31.3 Å². The van der Waals surface area contributed by atoms with E-state index >= 15 is 0 Å². The summed E-state index contributed by atoms with van der Waals surface area (Å²) in [5, 5.41) is 0. The quantitative estimate of drug-likeness (QED) is 0.511. The maximum atomic E-state index is 5.51. The van der Waals surface area contributed by atoms with E-state index in [2.05, 4.69) is 13.2 Å². The van der Waals surface area contributed by atoms with Gasteiger partial charge in [0.25, 0.3) is 0 Å². The van der Waals surface area contributed by atoms with Gasteiger partial charge in [0, 0.05) is 0 Å². The Hall–Kier alpha value is -1.74. The van der Waals surface area contributed by atoms with E-state index < -0.39 is 0 Å². The molecule has 0 atom stereocenters. The fraction of sp³-hybridized carbons (Fsp3) is 0.286. The molecule has 0 aliphatic rings. The van der Waals surface area contributed by atoms with Gasteiger partial charge in [-0.15, -0.1) is 6.58 Å². The fourth-order valence-corrected chi connectivity index (χ4v) is 1.33. The fourth-order valence-electron chi connectivity index (χ4n) is 1.33. The SMILES string of the molecule is C=CCOCc1ccc(OC)c(OCC=C)c1. The molecule has 1 aromatic carbocycles. The molecule has 0 heterocycles. The first-order valence-electron chi connectivity index (χ1n) is 5.41. The first-order valence-corrected chi connectivity index (χ1v) is 5.41. The maximum absolute atomic E-state index is 5.51. The van der Waals surface area contributed by atoms with Gasteiger partial charge in [-0.1, -0.05) is 24.8 Å². The third kappa shape index (κ3) is 4.33. The summed E-state index contributed by atoms with van der Waals surface area (Å²) in [6, 6.07) is 5.72. The van der Waals surface area contributed by atoms with Gasteiger partial charge in [-0.25, -0.2) is 0 Å². The molecule has 0 aromatic heterocycles. The number of rotatable bonds is 8. The van der Waals surface area contributed by atoms with Gasteiger partial charge in [-0.2, -0.15) is 0 Å². The Bertz CT molecular complexity index is 372. The molecule has 3 heteroatoms. The van der Waals surface area contributed by atoms with Gasteiger partial charge in [0.05, 0.1) is 20.3 Å². The van der Waals surface area contributed by atoms with E-state index in [-0.39, 0.29) is 0 Å². The predicted octanol–water partition coefficient (Wildman–Crippen LogP) is 2.96. The van der Waals surface area contributed by atoms with Crippen LogP contribution in [0.4, 0.5) is 0 Å². The van der Waals surface area contributed by atoms with Crippen LogP contribution in [0.5, 0.6) is 11.5 Å². The highest BCUT2D eigenvalue weighted by Crippen LogP contribution is 2.28. The highest BCUT2D eigenvalue weighted by atomic mass is 16.5. The third-order valence-corrected chi connectivity index (χ3v) is 2.09. The van der Waals surface area contributed by atoms with Crippen molar-refractivity contribution in [2.45, 2.75) is 6.61 Å². The summed E-state index contributed by atoms with van der Waals surface area (Å²) in [6.07, 6.45) is 3.42. The Kier molecular flexibility index (Phi) is 5.89. The molecule has 0 amide bonds. The summed E-state index contributed by atoms with van der Waals surface area (Å²) < 4.78 is 16.1. The van der Waals surface area contributed by atoms with Crippen LogP contribution in [0.1, 0.15) is 5.56 Å². The van der Waals surface area contributed by atoms with Crippen molar-refractivity contribution in [1.29, 1.82) is 0 Å². The molecule has 0 unspecified atom stereocenters. The summed E-state index contributed by atoms with van der Waals surface area (Å²) in [5.74, 6) is 1.41. The molecule has 92 valence electrons. The van der Waals surface area contributed by atoms with Crippen molar-refractivity contribution in [3.05, 3.63) is 49.1 Å². The first kappa shape index (κ1) is 13.3. The lowest BCUT2D eigenvalue weighted by Gasteiger charge is -2.11. The van der Waals surface area contributed by atoms with Gasteiger partial charge in [0.1, 0.15) is 6.61 Å². The van der Waals surface area contributed by atoms with Crippen LogP contribution in [-0.2, 0) is 11.3 Å². The van der Waals surface area contributed by atoms with Gasteiger partial charge in [-0.05, 0) is 17.7 Å². The molecule has 3 nitrogen and oxygen atoms in total. The van der Waals surface area contributed by atoms with Gasteiger partial charge in [-0.3, -0.25) is 0 Å². The minimum atomic E-state index is 0.452. The van der Waals surface area contributed by atoms with E-state index in [0.717, 1.165) is 5.56 Å². The third-order valence-electron chi connectivity index (χ3n) is 2.09. The molecule has 0 bridgehead atoms. The molecule has 0 aliphatic heterocycles. The van der Waals surface area contributed by atoms with Crippen molar-refractivity contribution in [3.8, 4) is 11.5 Å². The molecule has 0 saturated heterocycles. The van der Waals surface area contributed by atoms with E-state index in [1.165, 1.54) is 0 Å². The van der Waals surface area contributed by atoms with Crippen LogP contribution < -0.4 is 9.47 Å². The second-order valence-corrected chi connectivity index (χ2v) is 3.39. The summed E-state index contributed by atoms with van der Waals surface area (Å²) >= 11 is 0. The van der Waals surface area contributed by atoms with Crippen LogP contribution >= 0.6 is 0 Å².